The van der Waals surface area contributed by atoms with E-state index in [9.17, 15) is 29.2 Å². The number of hydrogen-bond acceptors (Lipinski definition) is 9. The lowest BCUT2D eigenvalue weighted by molar-refractivity contribution is -0.697. The fourth-order valence-electron chi connectivity index (χ4n) is 3.93. The highest BCUT2D eigenvalue weighted by molar-refractivity contribution is 8.01. The maximum Gasteiger partial charge on any atom is 0.352 e. The van der Waals surface area contributed by atoms with E-state index in [1.165, 1.54) is 44.8 Å². The number of nitrogens with zero attached hydrogens (tertiary/aromatic N) is 3. The zero-order valence-corrected chi connectivity index (χ0v) is 24.3. The number of halogens is 2. The average Bonchev–Trinajstić information content (AvgIpc) is 2.93. The number of pyridine rings is 1. The summed E-state index contributed by atoms with van der Waals surface area (Å²) in [6, 6.07) is 6.10. The van der Waals surface area contributed by atoms with Crippen molar-refractivity contribution in [2.75, 3.05) is 17.3 Å². The minimum atomic E-state index is -1.40. The van der Waals surface area contributed by atoms with Crippen molar-refractivity contribution in [3.05, 3.63) is 68.9 Å². The predicted octanol–water partition coefficient (Wildman–Crippen LogP) is 3.12. The Morgan fingerprint density at radius 3 is 2.55 bits per heavy atom. The maximum atomic E-state index is 12.9. The van der Waals surface area contributed by atoms with E-state index in [-0.39, 0.29) is 23.9 Å². The summed E-state index contributed by atoms with van der Waals surface area (Å²) in [7, 11) is 0. The Kier molecular flexibility index (Phi) is 10.0. The topological polar surface area (TPSA) is 157 Å². The summed E-state index contributed by atoms with van der Waals surface area (Å²) >= 11 is 16.0. The average molecular weight is 645 g/mol. The number of nitrogens with one attached hydrogen (secondary N) is 1. The predicted molar refractivity (Wildman–Crippen MR) is 151 cm³/mol. The highest BCUT2D eigenvalue weighted by Crippen LogP contribution is 2.41. The lowest BCUT2D eigenvalue weighted by atomic mass is 10.0. The summed E-state index contributed by atoms with van der Waals surface area (Å²) < 4.78 is 1.52. The van der Waals surface area contributed by atoms with E-state index < -0.39 is 35.3 Å². The van der Waals surface area contributed by atoms with Crippen molar-refractivity contribution in [2.45, 2.75) is 33.8 Å². The number of amides is 2. The van der Waals surface area contributed by atoms with Crippen LogP contribution in [0.4, 0.5) is 0 Å². The van der Waals surface area contributed by atoms with Gasteiger partial charge in [-0.15, -0.1) is 40.2 Å². The Morgan fingerprint density at radius 1 is 1.18 bits per heavy atom. The molecule has 1 saturated heterocycles. The zero-order valence-electron chi connectivity index (χ0n) is 20.4. The van der Waals surface area contributed by atoms with E-state index in [1.807, 2.05) is 0 Å². The van der Waals surface area contributed by atoms with Crippen molar-refractivity contribution in [3.63, 3.8) is 0 Å². The maximum absolute atomic E-state index is 12.9. The molecule has 0 spiro atoms. The summed E-state index contributed by atoms with van der Waals surface area (Å²) in [5, 5.41) is 24.6. The summed E-state index contributed by atoms with van der Waals surface area (Å²) in [5.41, 5.74) is 0.482. The van der Waals surface area contributed by atoms with Crippen molar-refractivity contribution < 1.29 is 34.0 Å². The van der Waals surface area contributed by atoms with Gasteiger partial charge in [-0.2, -0.15) is 0 Å². The Morgan fingerprint density at radius 2 is 1.90 bits per heavy atom. The number of carboxylic acids is 2. The Balaban J connectivity index is 1.35. The Labute approximate surface area is 250 Å². The fraction of sp³-hybridized carbons (Fsp3) is 0.292. The highest BCUT2D eigenvalue weighted by Gasteiger charge is 2.54. The molecule has 2 aromatic rings. The van der Waals surface area contributed by atoms with Crippen LogP contribution in [-0.2, 0) is 25.7 Å². The van der Waals surface area contributed by atoms with Crippen LogP contribution in [0.15, 0.2) is 69.0 Å². The third-order valence-corrected chi connectivity index (χ3v) is 10.1. The van der Waals surface area contributed by atoms with Crippen LogP contribution in [0.2, 0.25) is 10.0 Å². The van der Waals surface area contributed by atoms with Gasteiger partial charge in [0.1, 0.15) is 17.1 Å². The molecule has 1 aromatic heterocycles. The SMILES string of the molecule is O=NC(C[n+]1ccc(SCC2=C(C(=O)O)N3C(=O)[C@H](NC(=O)CSc4cc(Cl)ccc4Cl)[C@H]3SC2)cc1)C(=O)O. The quantitative estimate of drug-likeness (QED) is 0.136. The standard InChI is InChI=1S/C24H20Cl2N4O7S3/c25-13-1-2-15(26)17(7-13)39-11-18(31)27-19-21(32)30-20(24(35)36)12(10-40-22(19)30)9-38-14-3-5-29(6-4-14)8-16(28-37)23(33)34/h1-7,16,19,22H,8-11H2,(H2-,27,31,33,34,35,36)/p+1/t16?,19-,22+/m0/s1. The molecule has 3 N–H and O–H groups in total. The zero-order chi connectivity index (χ0) is 29.0. The molecule has 16 heteroatoms. The summed E-state index contributed by atoms with van der Waals surface area (Å²) in [6.45, 7) is -0.113. The lowest BCUT2D eigenvalue weighted by Gasteiger charge is -2.49. The van der Waals surface area contributed by atoms with E-state index >= 15 is 0 Å². The molecule has 0 bridgehead atoms. The molecule has 2 aliphatic rings. The molecule has 3 atom stereocenters. The van der Waals surface area contributed by atoms with Gasteiger partial charge in [-0.25, -0.2) is 14.2 Å². The van der Waals surface area contributed by atoms with Crippen molar-refractivity contribution in [3.8, 4) is 0 Å². The van der Waals surface area contributed by atoms with Gasteiger partial charge in [0, 0.05) is 38.5 Å². The molecule has 1 unspecified atom stereocenters. The van der Waals surface area contributed by atoms with Crippen LogP contribution in [0.3, 0.4) is 0 Å². The van der Waals surface area contributed by atoms with Gasteiger partial charge in [-0.1, -0.05) is 23.2 Å². The number of nitroso groups, excluding NO2 is 1. The number of rotatable bonds is 12. The first kappa shape index (κ1) is 30.2. The van der Waals surface area contributed by atoms with E-state index in [0.717, 1.165) is 4.90 Å². The molecule has 2 amide bonds. The third-order valence-electron chi connectivity index (χ3n) is 5.89. The van der Waals surface area contributed by atoms with Crippen molar-refractivity contribution >= 4 is 82.2 Å². The highest BCUT2D eigenvalue weighted by atomic mass is 35.5. The minimum Gasteiger partial charge on any atom is -0.479 e. The van der Waals surface area contributed by atoms with Gasteiger partial charge in [-0.3, -0.25) is 14.5 Å². The molecule has 2 aliphatic heterocycles. The second kappa shape index (κ2) is 13.3. The summed E-state index contributed by atoms with van der Waals surface area (Å²) in [5.74, 6) is -2.75. The molecule has 0 aliphatic carbocycles. The first-order valence-corrected chi connectivity index (χ1v) is 15.3. The molecule has 40 heavy (non-hydrogen) atoms. The van der Waals surface area contributed by atoms with Crippen LogP contribution in [-0.4, -0.2) is 73.6 Å². The monoisotopic (exact) mass is 643 g/mol. The number of fused-ring (bicyclic) bond motifs is 1. The van der Waals surface area contributed by atoms with Crippen LogP contribution in [0.25, 0.3) is 0 Å². The molecule has 3 heterocycles. The van der Waals surface area contributed by atoms with Crippen LogP contribution in [0.5, 0.6) is 0 Å². The smallest absolute Gasteiger partial charge is 0.352 e. The first-order chi connectivity index (χ1) is 19.1. The van der Waals surface area contributed by atoms with E-state index in [4.69, 9.17) is 28.3 Å². The Hall–Kier alpha value is -2.78. The molecule has 0 radical (unpaired) electrons. The van der Waals surface area contributed by atoms with Gasteiger partial charge in [0.25, 0.3) is 5.91 Å². The number of carboxylic acid groups (broad SMARTS) is 2. The van der Waals surface area contributed by atoms with Gasteiger partial charge in [0.2, 0.25) is 11.9 Å². The van der Waals surface area contributed by atoms with Crippen molar-refractivity contribution in [1.29, 1.82) is 0 Å². The second-order valence-electron chi connectivity index (χ2n) is 8.55. The molecule has 1 aromatic carbocycles. The molecule has 11 nitrogen and oxygen atoms in total. The van der Waals surface area contributed by atoms with E-state index in [0.29, 0.717) is 32.0 Å². The molecule has 210 valence electrons. The molecular formula is C24H21Cl2N4O7S3+. The number of aromatic nitrogens is 1. The fourth-order valence-corrected chi connectivity index (χ4v) is 7.60. The summed E-state index contributed by atoms with van der Waals surface area (Å²) in [6.07, 6.45) is 3.21. The second-order valence-corrected chi connectivity index (χ2v) is 12.6. The van der Waals surface area contributed by atoms with Crippen molar-refractivity contribution in [1.82, 2.24) is 10.2 Å². The number of thioether (sulfide) groups is 3. The van der Waals surface area contributed by atoms with E-state index in [2.05, 4.69) is 10.5 Å². The lowest BCUT2D eigenvalue weighted by Crippen LogP contribution is -2.70. The van der Waals surface area contributed by atoms with Gasteiger partial charge < -0.3 is 15.5 Å². The van der Waals surface area contributed by atoms with Gasteiger partial charge in [0.15, 0.2) is 18.9 Å². The number of hydrogen-bond donors (Lipinski definition) is 3. The van der Waals surface area contributed by atoms with Crippen LogP contribution < -0.4 is 9.88 Å². The van der Waals surface area contributed by atoms with Crippen LogP contribution in [0, 0.1) is 4.91 Å². The minimum absolute atomic E-state index is 0.00441. The number of carbonyl (C=O) groups is 4. The van der Waals surface area contributed by atoms with Crippen molar-refractivity contribution in [2.24, 2.45) is 5.18 Å². The van der Waals surface area contributed by atoms with E-state index in [1.54, 1.807) is 42.7 Å². The van der Waals surface area contributed by atoms with Gasteiger partial charge in [-0.05, 0) is 28.9 Å². The summed E-state index contributed by atoms with van der Waals surface area (Å²) in [4.78, 5) is 61.9. The van der Waals surface area contributed by atoms with Gasteiger partial charge in [0.05, 0.1) is 10.8 Å². The molecule has 0 saturated carbocycles. The number of benzene rings is 1. The Bertz CT molecular complexity index is 1390. The number of aliphatic carboxylic acids is 2. The molecule has 1 fully saturated rings. The van der Waals surface area contributed by atoms with Crippen LogP contribution in [0.1, 0.15) is 0 Å². The molecular weight excluding hydrogens is 623 g/mol. The largest absolute Gasteiger partial charge is 0.479 e. The van der Waals surface area contributed by atoms with Crippen LogP contribution >= 0.6 is 58.5 Å². The third kappa shape index (κ3) is 6.92. The van der Waals surface area contributed by atoms with Gasteiger partial charge >= 0.3 is 11.9 Å². The first-order valence-electron chi connectivity index (χ1n) is 11.5. The normalized spacial score (nSPS) is 18.9. The number of carbonyl (C=O) groups excluding carboxylic acids is 2. The number of β-lactam (4-membered cyclic amide) rings is 1. The molecule has 4 rings (SSSR count).